The van der Waals surface area contributed by atoms with Crippen molar-refractivity contribution < 1.29 is 42.8 Å². The van der Waals surface area contributed by atoms with Gasteiger partial charge in [-0.2, -0.15) is 35.3 Å². The first-order chi connectivity index (χ1) is 23.0. The molecule has 3 saturated heterocycles. The minimum Gasteiger partial charge on any atom is -0.464 e. The number of ether oxygens (including phenoxy) is 6. The van der Waals surface area contributed by atoms with Crippen LogP contribution in [-0.4, -0.2) is 123 Å². The molecule has 0 spiro atoms. The second-order valence-electron chi connectivity index (χ2n) is 11.9. The Bertz CT molecular complexity index is 1220. The van der Waals surface area contributed by atoms with Gasteiger partial charge < -0.3 is 28.4 Å². The van der Waals surface area contributed by atoms with Crippen LogP contribution in [0.2, 0.25) is 0 Å². The molecule has 270 valence electrons. The summed E-state index contributed by atoms with van der Waals surface area (Å²) in [7, 11) is 0. The summed E-state index contributed by atoms with van der Waals surface area (Å²) in [5, 5.41) is 0.0892. The lowest BCUT2D eigenvalue weighted by Crippen LogP contribution is -2.55. The lowest BCUT2D eigenvalue weighted by Gasteiger charge is -2.15. The van der Waals surface area contributed by atoms with Crippen molar-refractivity contribution in [3.8, 4) is 0 Å². The van der Waals surface area contributed by atoms with E-state index in [4.69, 9.17) is 28.4 Å². The zero-order chi connectivity index (χ0) is 34.6. The number of hydrogen-bond donors (Lipinski definition) is 0. The normalized spacial score (nSPS) is 21.2. The number of hydrogen-bond acceptors (Lipinski definition) is 15. The first-order valence-electron chi connectivity index (χ1n) is 16.1. The number of nitrogens with zero attached hydrogens (tertiary/aromatic N) is 3. The van der Waals surface area contributed by atoms with Gasteiger partial charge in [0.15, 0.2) is 0 Å². The maximum Gasteiger partial charge on any atom is 0.336 e. The molecule has 0 bridgehead atoms. The lowest BCUT2D eigenvalue weighted by atomic mass is 10.4. The molecule has 3 aliphatic rings. The predicted molar refractivity (Wildman–Crippen MR) is 181 cm³/mol. The van der Waals surface area contributed by atoms with E-state index in [1.54, 1.807) is 35.3 Å². The highest BCUT2D eigenvalue weighted by Gasteiger charge is 2.26. The molecule has 3 aliphatic heterocycles. The van der Waals surface area contributed by atoms with Crippen LogP contribution in [0.15, 0.2) is 14.4 Å². The average Bonchev–Trinajstić information content (AvgIpc) is 3.91. The van der Waals surface area contributed by atoms with Crippen molar-refractivity contribution in [2.45, 2.75) is 93.7 Å². The highest BCUT2D eigenvalue weighted by molar-refractivity contribution is 8.00. The smallest absolute Gasteiger partial charge is 0.336 e. The highest BCUT2D eigenvalue weighted by Crippen LogP contribution is 2.21. The number of epoxide rings is 3. The van der Waals surface area contributed by atoms with Crippen LogP contribution in [-0.2, 0) is 62.4 Å². The number of rotatable bonds is 24. The Hall–Kier alpha value is -2.25. The summed E-state index contributed by atoms with van der Waals surface area (Å²) in [6, 6.07) is 0. The van der Waals surface area contributed by atoms with Crippen LogP contribution in [0.25, 0.3) is 0 Å². The van der Waals surface area contributed by atoms with Crippen LogP contribution in [0.1, 0.15) is 40.0 Å². The molecule has 15 nitrogen and oxygen atoms in total. The van der Waals surface area contributed by atoms with Crippen molar-refractivity contribution in [3.05, 3.63) is 31.5 Å². The second-order valence-corrected chi connectivity index (χ2v) is 16.3. The molecule has 0 N–H and O–H groups in total. The zero-order valence-electron chi connectivity index (χ0n) is 27.5. The third-order valence-electron chi connectivity index (χ3n) is 7.35. The van der Waals surface area contributed by atoms with Gasteiger partial charge in [-0.3, -0.25) is 14.4 Å². The van der Waals surface area contributed by atoms with Gasteiger partial charge >= 0.3 is 35.0 Å². The zero-order valence-corrected chi connectivity index (χ0v) is 30.0. The van der Waals surface area contributed by atoms with Gasteiger partial charge in [-0.05, 0) is 20.8 Å². The maximum absolute atomic E-state index is 13.3. The Labute approximate surface area is 291 Å². The fraction of sp³-hybridized carbons (Fsp3) is 0.800. The van der Waals surface area contributed by atoms with Crippen molar-refractivity contribution in [2.24, 2.45) is 0 Å². The number of carbonyl (C=O) groups excluding carboxylic acids is 3. The first-order valence-corrected chi connectivity index (χ1v) is 19.3. The number of carbonyl (C=O) groups is 3. The number of aromatic nitrogens is 3. The molecule has 1 aromatic rings. The Morgan fingerprint density at radius 3 is 1.06 bits per heavy atom. The number of esters is 3. The summed E-state index contributed by atoms with van der Waals surface area (Å²) in [6.45, 7) is 7.33. The van der Waals surface area contributed by atoms with Crippen molar-refractivity contribution in [3.63, 3.8) is 0 Å². The average molecular weight is 736 g/mol. The van der Waals surface area contributed by atoms with Crippen molar-refractivity contribution in [2.75, 3.05) is 56.9 Å². The van der Waals surface area contributed by atoms with Crippen LogP contribution in [0.4, 0.5) is 0 Å². The van der Waals surface area contributed by atoms with Crippen LogP contribution in [0.3, 0.4) is 0 Å². The van der Waals surface area contributed by atoms with E-state index in [0.717, 1.165) is 50.8 Å². The fourth-order valence-electron chi connectivity index (χ4n) is 4.17. The molecule has 0 radical (unpaired) electrons. The summed E-state index contributed by atoms with van der Waals surface area (Å²) in [4.78, 5) is 77.5. The molecule has 1 aromatic heterocycles. The minimum absolute atomic E-state index is 0.0297. The predicted octanol–water partition coefficient (Wildman–Crippen LogP) is 0.533. The van der Waals surface area contributed by atoms with Gasteiger partial charge in [-0.25, -0.2) is 28.1 Å². The molecule has 6 atom stereocenters. The van der Waals surface area contributed by atoms with Crippen molar-refractivity contribution >= 4 is 53.2 Å². The molecule has 6 unspecified atom stereocenters. The van der Waals surface area contributed by atoms with Gasteiger partial charge in [0.2, 0.25) is 0 Å². The molecule has 0 aromatic carbocycles. The lowest BCUT2D eigenvalue weighted by molar-refractivity contribution is -0.144. The molecule has 0 aliphatic carbocycles. The van der Waals surface area contributed by atoms with E-state index in [2.05, 4.69) is 0 Å². The van der Waals surface area contributed by atoms with Crippen LogP contribution >= 0.6 is 35.3 Å². The molecule has 0 saturated carbocycles. The quantitative estimate of drug-likeness (QED) is 0.0814. The summed E-state index contributed by atoms with van der Waals surface area (Å²) in [5.74, 6) is 0.559. The molecule has 3 fully saturated rings. The van der Waals surface area contributed by atoms with Crippen molar-refractivity contribution in [1.82, 2.24) is 13.7 Å². The maximum atomic E-state index is 13.3. The van der Waals surface area contributed by atoms with Gasteiger partial charge in [0, 0.05) is 52.6 Å². The van der Waals surface area contributed by atoms with Gasteiger partial charge in [-0.1, -0.05) is 0 Å². The topological polar surface area (TPSA) is 182 Å². The molecular weight excluding hydrogens is 691 g/mol. The molecule has 4 rings (SSSR count). The fourth-order valence-corrected chi connectivity index (χ4v) is 6.86. The van der Waals surface area contributed by atoms with Gasteiger partial charge in [-0.15, -0.1) is 0 Å². The Balaban J connectivity index is 1.36. The summed E-state index contributed by atoms with van der Waals surface area (Å²) in [6.07, 6.45) is -0.179. The third kappa shape index (κ3) is 13.9. The van der Waals surface area contributed by atoms with E-state index in [-0.39, 0.29) is 92.8 Å². The Kier molecular flexibility index (Phi) is 15.4. The largest absolute Gasteiger partial charge is 0.464 e. The standard InChI is InChI=1S/C30H45N3O12S3/c1-19(46-16-22-13-40-22)10-43-25(34)4-7-31-28(37)32(8-5-26(35)44-11-20(2)47-17-23-14-41-23)30(39)33(29(31)38)9-6-27(36)45-12-21(3)48-18-24-15-42-24/h19-24H,4-18H2,1-3H3. The molecular formula is C30H45N3O12S3. The third-order valence-corrected chi connectivity index (χ3v) is 11.2. The summed E-state index contributed by atoms with van der Waals surface area (Å²) < 4.78 is 33.8. The SMILES string of the molecule is CC(COC(=O)CCn1c(=O)n(CCC(=O)OCC(C)SCC2CO2)c(=O)n(CCC(=O)OCC(C)SCC2CO2)c1=O)SCC1CO1. The molecule has 18 heteroatoms. The molecule has 4 heterocycles. The van der Waals surface area contributed by atoms with Crippen LogP contribution in [0.5, 0.6) is 0 Å². The highest BCUT2D eigenvalue weighted by atomic mass is 32.2. The van der Waals surface area contributed by atoms with E-state index in [1.165, 1.54) is 0 Å². The second kappa shape index (κ2) is 19.2. The van der Waals surface area contributed by atoms with Gasteiger partial charge in [0.1, 0.15) is 19.8 Å². The van der Waals surface area contributed by atoms with E-state index in [1.807, 2.05) is 20.8 Å². The van der Waals surface area contributed by atoms with E-state index in [0.29, 0.717) is 0 Å². The van der Waals surface area contributed by atoms with Crippen molar-refractivity contribution in [1.29, 1.82) is 0 Å². The Morgan fingerprint density at radius 1 is 0.583 bits per heavy atom. The van der Waals surface area contributed by atoms with Gasteiger partial charge in [0.25, 0.3) is 0 Å². The van der Waals surface area contributed by atoms with Crippen LogP contribution in [0, 0.1) is 0 Å². The van der Waals surface area contributed by atoms with E-state index < -0.39 is 35.0 Å². The summed E-state index contributed by atoms with van der Waals surface area (Å²) in [5.41, 5.74) is -2.93. The first kappa shape index (κ1) is 38.6. The van der Waals surface area contributed by atoms with Gasteiger partial charge in [0.05, 0.1) is 57.4 Å². The van der Waals surface area contributed by atoms with E-state index >= 15 is 0 Å². The summed E-state index contributed by atoms with van der Waals surface area (Å²) >= 11 is 4.84. The molecule has 48 heavy (non-hydrogen) atoms. The Morgan fingerprint density at radius 2 is 0.833 bits per heavy atom. The monoisotopic (exact) mass is 735 g/mol. The van der Waals surface area contributed by atoms with E-state index in [9.17, 15) is 28.8 Å². The number of thioether (sulfide) groups is 3. The van der Waals surface area contributed by atoms with Crippen LogP contribution < -0.4 is 17.1 Å². The minimum atomic E-state index is -0.975. The molecule has 0 amide bonds.